The number of carbonyl (C=O) groups is 1. The maximum absolute atomic E-state index is 12.9. The van der Waals surface area contributed by atoms with E-state index in [0.29, 0.717) is 0 Å². The number of rotatable bonds is 5. The highest BCUT2D eigenvalue weighted by atomic mass is 32.2. The van der Waals surface area contributed by atoms with Crippen molar-refractivity contribution in [3.8, 4) is 0 Å². The van der Waals surface area contributed by atoms with Gasteiger partial charge in [-0.2, -0.15) is 0 Å². The molecule has 17 heavy (non-hydrogen) atoms. The Morgan fingerprint density at radius 1 is 1.65 bits per heavy atom. The molecule has 0 fully saturated rings. The second-order valence-corrected chi connectivity index (χ2v) is 4.48. The molecule has 0 aliphatic rings. The summed E-state index contributed by atoms with van der Waals surface area (Å²) in [4.78, 5) is 20.8. The predicted molar refractivity (Wildman–Crippen MR) is 60.6 cm³/mol. The summed E-state index contributed by atoms with van der Waals surface area (Å²) >= 11 is 0.963. The Hall–Kier alpha value is -1.63. The third-order valence-electron chi connectivity index (χ3n) is 2.03. The molecule has 0 saturated carbocycles. The number of benzene rings is 1. The van der Waals surface area contributed by atoms with Crippen molar-refractivity contribution >= 4 is 23.4 Å². The van der Waals surface area contributed by atoms with Crippen LogP contribution in [0.4, 0.5) is 10.1 Å². The zero-order valence-corrected chi connectivity index (χ0v) is 9.74. The first kappa shape index (κ1) is 13.4. The minimum Gasteiger partial charge on any atom is -0.481 e. The van der Waals surface area contributed by atoms with Crippen LogP contribution in [0.5, 0.6) is 0 Å². The van der Waals surface area contributed by atoms with Gasteiger partial charge in [0, 0.05) is 11.8 Å². The Morgan fingerprint density at radius 2 is 2.29 bits per heavy atom. The highest BCUT2D eigenvalue weighted by molar-refractivity contribution is 7.99. The SMILES string of the molecule is CC(CSc1cc(F)ccc1[N+](=O)[O-])C(=O)O. The van der Waals surface area contributed by atoms with E-state index in [1.165, 1.54) is 6.92 Å². The second kappa shape index (κ2) is 5.62. The van der Waals surface area contributed by atoms with Crippen molar-refractivity contribution in [2.24, 2.45) is 5.92 Å². The monoisotopic (exact) mass is 259 g/mol. The quantitative estimate of drug-likeness (QED) is 0.499. The Morgan fingerprint density at radius 3 is 2.82 bits per heavy atom. The molecule has 0 saturated heterocycles. The first-order valence-corrected chi connectivity index (χ1v) is 5.70. The normalized spacial score (nSPS) is 12.1. The van der Waals surface area contributed by atoms with Gasteiger partial charge in [0.05, 0.1) is 15.7 Å². The van der Waals surface area contributed by atoms with E-state index in [-0.39, 0.29) is 16.3 Å². The van der Waals surface area contributed by atoms with Crippen LogP contribution in [0.1, 0.15) is 6.92 Å². The van der Waals surface area contributed by atoms with Crippen LogP contribution >= 0.6 is 11.8 Å². The van der Waals surface area contributed by atoms with E-state index >= 15 is 0 Å². The Balaban J connectivity index is 2.85. The molecule has 0 heterocycles. The summed E-state index contributed by atoms with van der Waals surface area (Å²) in [6.45, 7) is 1.49. The average Bonchev–Trinajstić information content (AvgIpc) is 2.25. The van der Waals surface area contributed by atoms with Crippen LogP contribution in [0.2, 0.25) is 0 Å². The van der Waals surface area contributed by atoms with Gasteiger partial charge in [0.25, 0.3) is 5.69 Å². The topological polar surface area (TPSA) is 80.4 Å². The molecule has 0 aromatic heterocycles. The van der Waals surface area contributed by atoms with Crippen LogP contribution in [0, 0.1) is 21.8 Å². The van der Waals surface area contributed by atoms with Gasteiger partial charge in [0.1, 0.15) is 5.82 Å². The summed E-state index contributed by atoms with van der Waals surface area (Å²) in [7, 11) is 0. The minimum atomic E-state index is -0.989. The molecule has 1 aromatic rings. The fourth-order valence-corrected chi connectivity index (χ4v) is 2.10. The molecule has 1 unspecified atom stereocenters. The van der Waals surface area contributed by atoms with E-state index in [2.05, 4.69) is 0 Å². The van der Waals surface area contributed by atoms with Gasteiger partial charge in [-0.25, -0.2) is 4.39 Å². The molecule has 1 N–H and O–H groups in total. The third-order valence-corrected chi connectivity index (χ3v) is 3.33. The lowest BCUT2D eigenvalue weighted by molar-refractivity contribution is -0.387. The number of nitro benzene ring substituents is 1. The maximum Gasteiger partial charge on any atom is 0.307 e. The largest absolute Gasteiger partial charge is 0.481 e. The van der Waals surface area contributed by atoms with Gasteiger partial charge in [-0.1, -0.05) is 6.92 Å². The number of carboxylic acid groups (broad SMARTS) is 1. The van der Waals surface area contributed by atoms with Crippen molar-refractivity contribution in [1.29, 1.82) is 0 Å². The van der Waals surface area contributed by atoms with Crippen molar-refractivity contribution in [1.82, 2.24) is 0 Å². The number of nitrogens with zero attached hydrogens (tertiary/aromatic N) is 1. The Bertz CT molecular complexity index is 452. The molecule has 5 nitrogen and oxygen atoms in total. The standard InChI is InChI=1S/C10H10FNO4S/c1-6(10(13)14)5-17-9-4-7(11)2-3-8(9)12(15)16/h2-4,6H,5H2,1H3,(H,13,14). The van der Waals surface area contributed by atoms with Gasteiger partial charge in [-0.15, -0.1) is 11.8 Å². The molecule has 0 amide bonds. The Labute approximate surface area is 101 Å². The summed E-state index contributed by atoms with van der Waals surface area (Å²) in [6.07, 6.45) is 0. The molecule has 92 valence electrons. The number of hydrogen-bond donors (Lipinski definition) is 1. The number of carboxylic acids is 1. The number of aliphatic carboxylic acids is 1. The molecule has 0 radical (unpaired) electrons. The van der Waals surface area contributed by atoms with Gasteiger partial charge in [-0.3, -0.25) is 14.9 Å². The van der Waals surface area contributed by atoms with E-state index in [0.717, 1.165) is 30.0 Å². The number of halogens is 1. The van der Waals surface area contributed by atoms with Crippen LogP contribution < -0.4 is 0 Å². The van der Waals surface area contributed by atoms with Crippen LogP contribution in [0.25, 0.3) is 0 Å². The van der Waals surface area contributed by atoms with Gasteiger partial charge >= 0.3 is 5.97 Å². The third kappa shape index (κ3) is 3.70. The lowest BCUT2D eigenvalue weighted by Crippen LogP contribution is -2.11. The zero-order valence-electron chi connectivity index (χ0n) is 8.92. The second-order valence-electron chi connectivity index (χ2n) is 3.42. The molecule has 0 aliphatic carbocycles. The molecular formula is C10H10FNO4S. The van der Waals surface area contributed by atoms with Crippen molar-refractivity contribution in [2.45, 2.75) is 11.8 Å². The molecule has 1 aromatic carbocycles. The molecular weight excluding hydrogens is 249 g/mol. The summed E-state index contributed by atoms with van der Waals surface area (Å²) in [5, 5.41) is 19.3. The van der Waals surface area contributed by atoms with Gasteiger partial charge < -0.3 is 5.11 Å². The van der Waals surface area contributed by atoms with Gasteiger partial charge in [0.2, 0.25) is 0 Å². The predicted octanol–water partition coefficient (Wildman–Crippen LogP) is 2.55. The van der Waals surface area contributed by atoms with Crippen molar-refractivity contribution in [3.63, 3.8) is 0 Å². The van der Waals surface area contributed by atoms with E-state index < -0.39 is 22.6 Å². The number of hydrogen-bond acceptors (Lipinski definition) is 4. The Kier molecular flexibility index (Phi) is 4.45. The summed E-state index contributed by atoms with van der Waals surface area (Å²) in [5.74, 6) is -2.07. The maximum atomic E-state index is 12.9. The van der Waals surface area contributed by atoms with E-state index in [4.69, 9.17) is 5.11 Å². The lowest BCUT2D eigenvalue weighted by Gasteiger charge is -2.06. The highest BCUT2D eigenvalue weighted by Crippen LogP contribution is 2.30. The lowest BCUT2D eigenvalue weighted by atomic mass is 10.2. The van der Waals surface area contributed by atoms with Gasteiger partial charge in [0.15, 0.2) is 0 Å². The number of nitro groups is 1. The molecule has 1 rings (SSSR count). The first-order chi connectivity index (χ1) is 7.91. The number of thioether (sulfide) groups is 1. The van der Waals surface area contributed by atoms with Crippen molar-refractivity contribution in [2.75, 3.05) is 5.75 Å². The fraction of sp³-hybridized carbons (Fsp3) is 0.300. The van der Waals surface area contributed by atoms with Gasteiger partial charge in [-0.05, 0) is 12.1 Å². The van der Waals surface area contributed by atoms with E-state index in [1.54, 1.807) is 0 Å². The van der Waals surface area contributed by atoms with Crippen molar-refractivity contribution in [3.05, 3.63) is 34.1 Å². The van der Waals surface area contributed by atoms with E-state index in [1.807, 2.05) is 0 Å². The fourth-order valence-electron chi connectivity index (χ4n) is 1.04. The molecule has 0 bridgehead atoms. The smallest absolute Gasteiger partial charge is 0.307 e. The van der Waals surface area contributed by atoms with Crippen LogP contribution in [0.15, 0.2) is 23.1 Å². The van der Waals surface area contributed by atoms with E-state index in [9.17, 15) is 19.3 Å². The molecule has 0 aliphatic heterocycles. The first-order valence-electron chi connectivity index (χ1n) is 4.71. The molecule has 1 atom stereocenters. The van der Waals surface area contributed by atoms with Crippen LogP contribution in [-0.4, -0.2) is 21.8 Å². The minimum absolute atomic E-state index is 0.142. The summed E-state index contributed by atoms with van der Waals surface area (Å²) in [6, 6.07) is 3.11. The molecule has 0 spiro atoms. The zero-order chi connectivity index (χ0) is 13.0. The molecule has 7 heteroatoms. The highest BCUT2D eigenvalue weighted by Gasteiger charge is 2.18. The van der Waals surface area contributed by atoms with Crippen LogP contribution in [-0.2, 0) is 4.79 Å². The average molecular weight is 259 g/mol. The van der Waals surface area contributed by atoms with Crippen molar-refractivity contribution < 1.29 is 19.2 Å². The summed E-state index contributed by atoms with van der Waals surface area (Å²) in [5.41, 5.74) is -0.214. The summed E-state index contributed by atoms with van der Waals surface area (Å²) < 4.78 is 12.9. The van der Waals surface area contributed by atoms with Crippen LogP contribution in [0.3, 0.4) is 0 Å².